The molecule has 2 heterocycles. The number of amides is 1. The van der Waals surface area contributed by atoms with Gasteiger partial charge in [0.2, 0.25) is 0 Å². The average Bonchev–Trinajstić information content (AvgIpc) is 2.34. The number of pyridine rings is 1. The highest BCUT2D eigenvalue weighted by atomic mass is 79.9. The number of hydrogen-bond donors (Lipinski definition) is 1. The number of carboxylic acid groups (broad SMARTS) is 1. The molecule has 5 nitrogen and oxygen atoms in total. The molecule has 0 saturated carbocycles. The molecule has 0 unspecified atom stereocenters. The quantitative estimate of drug-likeness (QED) is 0.844. The molecule has 98 valence electrons. The number of carbonyl (C=O) groups is 1. The minimum atomic E-state index is -0.907. The Morgan fingerprint density at radius 2 is 2.44 bits per heavy atom. The van der Waals surface area contributed by atoms with Crippen molar-refractivity contribution in [1.29, 1.82) is 0 Å². The molecule has 0 aliphatic carbocycles. The molecule has 0 bridgehead atoms. The Balaban J connectivity index is 2.04. The van der Waals surface area contributed by atoms with Crippen molar-refractivity contribution in [3.05, 3.63) is 21.9 Å². The summed E-state index contributed by atoms with van der Waals surface area (Å²) in [5.41, 5.74) is 0. The van der Waals surface area contributed by atoms with Gasteiger partial charge in [-0.2, -0.15) is 0 Å². The van der Waals surface area contributed by atoms with Crippen LogP contribution in [0.15, 0.2) is 16.7 Å². The minimum absolute atomic E-state index is 0.149. The first-order chi connectivity index (χ1) is 8.56. The second kappa shape index (κ2) is 5.75. The zero-order valence-electron chi connectivity index (χ0n) is 9.47. The van der Waals surface area contributed by atoms with Crippen molar-refractivity contribution in [2.75, 3.05) is 13.1 Å². The number of rotatable bonds is 2. The van der Waals surface area contributed by atoms with Crippen molar-refractivity contribution >= 4 is 33.6 Å². The summed E-state index contributed by atoms with van der Waals surface area (Å²) in [7, 11) is 0. The van der Waals surface area contributed by atoms with E-state index in [4.69, 9.17) is 21.4 Å². The maximum atomic E-state index is 10.9. The van der Waals surface area contributed by atoms with Crippen LogP contribution in [0.4, 0.5) is 4.79 Å². The van der Waals surface area contributed by atoms with Crippen LogP contribution in [-0.4, -0.2) is 40.3 Å². The lowest BCUT2D eigenvalue weighted by molar-refractivity contribution is 0.0787. The highest BCUT2D eigenvalue weighted by Gasteiger charge is 2.25. The van der Waals surface area contributed by atoms with Gasteiger partial charge < -0.3 is 14.7 Å². The number of aromatic nitrogens is 1. The molecule has 1 aliphatic rings. The van der Waals surface area contributed by atoms with Crippen molar-refractivity contribution in [2.45, 2.75) is 18.9 Å². The molecule has 18 heavy (non-hydrogen) atoms. The van der Waals surface area contributed by atoms with E-state index in [9.17, 15) is 4.79 Å². The molecule has 2 rings (SSSR count). The van der Waals surface area contributed by atoms with Gasteiger partial charge in [0.15, 0.2) is 0 Å². The van der Waals surface area contributed by atoms with Crippen LogP contribution in [0.1, 0.15) is 12.8 Å². The average molecular weight is 336 g/mol. The van der Waals surface area contributed by atoms with Crippen LogP contribution in [-0.2, 0) is 0 Å². The summed E-state index contributed by atoms with van der Waals surface area (Å²) < 4.78 is 6.48. The van der Waals surface area contributed by atoms with Crippen molar-refractivity contribution in [3.63, 3.8) is 0 Å². The third-order valence-corrected chi connectivity index (χ3v) is 3.53. The summed E-state index contributed by atoms with van der Waals surface area (Å²) in [4.78, 5) is 16.2. The second-order valence-corrected chi connectivity index (χ2v) is 5.29. The van der Waals surface area contributed by atoms with Gasteiger partial charge >= 0.3 is 6.09 Å². The van der Waals surface area contributed by atoms with Crippen molar-refractivity contribution < 1.29 is 14.6 Å². The van der Waals surface area contributed by atoms with Crippen molar-refractivity contribution in [3.8, 4) is 5.75 Å². The highest BCUT2D eigenvalue weighted by Crippen LogP contribution is 2.28. The van der Waals surface area contributed by atoms with E-state index in [0.29, 0.717) is 28.5 Å². The van der Waals surface area contributed by atoms with Gasteiger partial charge in [-0.05, 0) is 28.8 Å². The normalized spacial score (nSPS) is 19.7. The molecule has 1 atom stereocenters. The van der Waals surface area contributed by atoms with Gasteiger partial charge in [0.25, 0.3) is 0 Å². The summed E-state index contributed by atoms with van der Waals surface area (Å²) in [5.74, 6) is 0.590. The Morgan fingerprint density at radius 1 is 1.67 bits per heavy atom. The van der Waals surface area contributed by atoms with Crippen molar-refractivity contribution in [1.82, 2.24) is 9.88 Å². The minimum Gasteiger partial charge on any atom is -0.487 e. The van der Waals surface area contributed by atoms with E-state index in [1.807, 2.05) is 0 Å². The van der Waals surface area contributed by atoms with Crippen LogP contribution in [0, 0.1) is 0 Å². The van der Waals surface area contributed by atoms with E-state index in [1.54, 1.807) is 12.3 Å². The first-order valence-electron chi connectivity index (χ1n) is 5.52. The van der Waals surface area contributed by atoms with Crippen LogP contribution in [0.3, 0.4) is 0 Å². The van der Waals surface area contributed by atoms with E-state index in [1.165, 1.54) is 4.90 Å². The molecule has 1 amide bonds. The third-order valence-electron chi connectivity index (χ3n) is 2.73. The van der Waals surface area contributed by atoms with Gasteiger partial charge in [-0.25, -0.2) is 9.78 Å². The fraction of sp³-hybridized carbons (Fsp3) is 0.455. The summed E-state index contributed by atoms with van der Waals surface area (Å²) >= 11 is 9.12. The third kappa shape index (κ3) is 3.26. The summed E-state index contributed by atoms with van der Waals surface area (Å²) in [6, 6.07) is 1.62. The fourth-order valence-corrected chi connectivity index (χ4v) is 2.33. The molecule has 1 fully saturated rings. The van der Waals surface area contributed by atoms with E-state index in [0.717, 1.165) is 12.8 Å². The number of halogens is 2. The summed E-state index contributed by atoms with van der Waals surface area (Å²) in [6.45, 7) is 0.940. The number of ether oxygens (including phenoxy) is 1. The van der Waals surface area contributed by atoms with Crippen molar-refractivity contribution in [2.24, 2.45) is 0 Å². The largest absolute Gasteiger partial charge is 0.487 e. The first-order valence-corrected chi connectivity index (χ1v) is 6.69. The lowest BCUT2D eigenvalue weighted by Gasteiger charge is -2.31. The lowest BCUT2D eigenvalue weighted by atomic mass is 10.1. The maximum absolute atomic E-state index is 10.9. The standard InChI is InChI=1S/C11H12BrClN2O3/c12-8-5-14-10(13)4-9(8)18-7-2-1-3-15(6-7)11(16)17/h4-5,7H,1-3,6H2,(H,16,17)/t7-/m1/s1. The monoisotopic (exact) mass is 334 g/mol. The molecule has 0 aromatic carbocycles. The highest BCUT2D eigenvalue weighted by molar-refractivity contribution is 9.10. The molecule has 1 N–H and O–H groups in total. The Labute approximate surface area is 118 Å². The Hall–Kier alpha value is -1.01. The topological polar surface area (TPSA) is 62.7 Å². The number of likely N-dealkylation sites (tertiary alicyclic amines) is 1. The molecule has 7 heteroatoms. The molecular formula is C11H12BrClN2O3. The number of hydrogen-bond acceptors (Lipinski definition) is 3. The predicted octanol–water partition coefficient (Wildman–Crippen LogP) is 3.02. The number of nitrogens with zero attached hydrogens (tertiary/aromatic N) is 2. The van der Waals surface area contributed by atoms with Crippen LogP contribution >= 0.6 is 27.5 Å². The predicted molar refractivity (Wildman–Crippen MR) is 70.2 cm³/mol. The number of piperidine rings is 1. The molecule has 1 saturated heterocycles. The molecule has 1 aliphatic heterocycles. The molecule has 0 radical (unpaired) electrons. The van der Waals surface area contributed by atoms with Gasteiger partial charge in [-0.15, -0.1) is 0 Å². The Bertz CT molecular complexity index is 458. The van der Waals surface area contributed by atoms with Crippen LogP contribution < -0.4 is 4.74 Å². The summed E-state index contributed by atoms with van der Waals surface area (Å²) in [5, 5.41) is 9.30. The lowest BCUT2D eigenvalue weighted by Crippen LogP contribution is -2.43. The summed E-state index contributed by atoms with van der Waals surface area (Å²) in [6.07, 6.45) is 2.14. The maximum Gasteiger partial charge on any atom is 0.407 e. The van der Waals surface area contributed by atoms with Crippen LogP contribution in [0.5, 0.6) is 5.75 Å². The SMILES string of the molecule is O=C(O)N1CCC[C@@H](Oc2cc(Cl)ncc2Br)C1. The van der Waals surface area contributed by atoms with Gasteiger partial charge in [0.05, 0.1) is 11.0 Å². The zero-order chi connectivity index (χ0) is 13.1. The van der Waals surface area contributed by atoms with E-state index in [-0.39, 0.29) is 6.10 Å². The van der Waals surface area contributed by atoms with Gasteiger partial charge in [-0.1, -0.05) is 11.6 Å². The van der Waals surface area contributed by atoms with E-state index < -0.39 is 6.09 Å². The van der Waals surface area contributed by atoms with Crippen LogP contribution in [0.2, 0.25) is 5.15 Å². The van der Waals surface area contributed by atoms with E-state index >= 15 is 0 Å². The Morgan fingerprint density at radius 3 is 3.17 bits per heavy atom. The molecule has 1 aromatic rings. The second-order valence-electron chi connectivity index (χ2n) is 4.05. The fourth-order valence-electron chi connectivity index (χ4n) is 1.87. The smallest absolute Gasteiger partial charge is 0.407 e. The Kier molecular flexibility index (Phi) is 4.29. The molecular weight excluding hydrogens is 323 g/mol. The van der Waals surface area contributed by atoms with Gasteiger partial charge in [0, 0.05) is 18.8 Å². The van der Waals surface area contributed by atoms with Gasteiger partial charge in [-0.3, -0.25) is 0 Å². The van der Waals surface area contributed by atoms with E-state index in [2.05, 4.69) is 20.9 Å². The first kappa shape index (κ1) is 13.4. The zero-order valence-corrected chi connectivity index (χ0v) is 11.8. The molecule has 0 spiro atoms. The van der Waals surface area contributed by atoms with Crippen LogP contribution in [0.25, 0.3) is 0 Å². The van der Waals surface area contributed by atoms with Gasteiger partial charge in [0.1, 0.15) is 17.0 Å². The molecule has 1 aromatic heterocycles.